The van der Waals surface area contributed by atoms with Crippen LogP contribution in [0.15, 0.2) is 0 Å². The van der Waals surface area contributed by atoms with Gasteiger partial charge in [0.2, 0.25) is 0 Å². The summed E-state index contributed by atoms with van der Waals surface area (Å²) in [6.07, 6.45) is -0.486. The molecule has 6 heteroatoms. The minimum absolute atomic E-state index is 0. The quantitative estimate of drug-likeness (QED) is 0.588. The number of nitrogens with two attached hydrogens (primary N) is 1. The van der Waals surface area contributed by atoms with Crippen molar-refractivity contribution in [2.45, 2.75) is 19.1 Å². The first-order chi connectivity index (χ1) is 5.57. The molecule has 13 heavy (non-hydrogen) atoms. The molecule has 1 aliphatic heterocycles. The highest BCUT2D eigenvalue weighted by Crippen LogP contribution is 2.21. The molecule has 0 unspecified atom stereocenters. The fourth-order valence-electron chi connectivity index (χ4n) is 1.25. The topological polar surface area (TPSA) is 78.6 Å². The molecule has 0 aromatic carbocycles. The number of ether oxygens (including phenoxy) is 2. The van der Waals surface area contributed by atoms with Gasteiger partial charge >= 0.3 is 11.9 Å². The molecule has 1 rings (SSSR count). The van der Waals surface area contributed by atoms with Crippen LogP contribution < -0.4 is 5.73 Å². The van der Waals surface area contributed by atoms with Crippen LogP contribution in [-0.2, 0) is 19.1 Å². The van der Waals surface area contributed by atoms with Crippen molar-refractivity contribution >= 4 is 24.3 Å². The fraction of sp³-hybridized carbons (Fsp3) is 0.714. The van der Waals surface area contributed by atoms with E-state index in [0.29, 0.717) is 0 Å². The van der Waals surface area contributed by atoms with Gasteiger partial charge in [-0.1, -0.05) is 0 Å². The van der Waals surface area contributed by atoms with Crippen molar-refractivity contribution in [3.05, 3.63) is 0 Å². The Labute approximate surface area is 82.0 Å². The summed E-state index contributed by atoms with van der Waals surface area (Å²) in [5.41, 5.74) is 5.41. The molecule has 0 saturated carbocycles. The summed E-state index contributed by atoms with van der Waals surface area (Å²) in [4.78, 5) is 21.9. The Bertz CT molecular complexity index is 221. The molecule has 2 N–H and O–H groups in total. The summed E-state index contributed by atoms with van der Waals surface area (Å²) in [6.45, 7) is 1.62. The highest BCUT2D eigenvalue weighted by molar-refractivity contribution is 5.87. The zero-order chi connectivity index (χ0) is 9.30. The van der Waals surface area contributed by atoms with Crippen molar-refractivity contribution in [1.29, 1.82) is 0 Å². The van der Waals surface area contributed by atoms with E-state index in [4.69, 9.17) is 10.5 Å². The van der Waals surface area contributed by atoms with Gasteiger partial charge in [0, 0.05) is 0 Å². The lowest BCUT2D eigenvalue weighted by Crippen LogP contribution is -2.39. The van der Waals surface area contributed by atoms with E-state index in [0.717, 1.165) is 0 Å². The third-order valence-electron chi connectivity index (χ3n) is 1.94. The van der Waals surface area contributed by atoms with E-state index >= 15 is 0 Å². The van der Waals surface area contributed by atoms with Gasteiger partial charge in [-0.15, -0.1) is 12.4 Å². The van der Waals surface area contributed by atoms with Crippen LogP contribution in [0.2, 0.25) is 0 Å². The third-order valence-corrected chi connectivity index (χ3v) is 1.94. The second-order valence-corrected chi connectivity index (χ2v) is 2.72. The lowest BCUT2D eigenvalue weighted by molar-refractivity contribution is -0.147. The van der Waals surface area contributed by atoms with Crippen LogP contribution in [-0.4, -0.2) is 31.2 Å². The van der Waals surface area contributed by atoms with Gasteiger partial charge in [0.1, 0.15) is 18.1 Å². The molecule has 1 fully saturated rings. The van der Waals surface area contributed by atoms with E-state index in [1.54, 1.807) is 6.92 Å². The highest BCUT2D eigenvalue weighted by atomic mass is 35.5. The standard InChI is InChI=1S/C7H11NO4.ClH/c1-3-4(6(9)11-2)5(8)7(10)12-3;/h3-5H,8H2,1-2H3;1H/t3-,4+,5+;/m1./s1. The summed E-state index contributed by atoms with van der Waals surface area (Å²) >= 11 is 0. The normalized spacial score (nSPS) is 31.9. The van der Waals surface area contributed by atoms with E-state index in [1.165, 1.54) is 7.11 Å². The first kappa shape index (κ1) is 12.2. The minimum atomic E-state index is -0.882. The van der Waals surface area contributed by atoms with Crippen LogP contribution in [0.25, 0.3) is 0 Å². The summed E-state index contributed by atoms with van der Waals surface area (Å²) in [5, 5.41) is 0. The number of rotatable bonds is 1. The molecule has 1 aliphatic rings. The number of esters is 2. The first-order valence-corrected chi connectivity index (χ1v) is 3.62. The minimum Gasteiger partial charge on any atom is -0.469 e. The van der Waals surface area contributed by atoms with Crippen LogP contribution in [0, 0.1) is 5.92 Å². The molecule has 5 nitrogen and oxygen atoms in total. The number of methoxy groups -OCH3 is 1. The van der Waals surface area contributed by atoms with Gasteiger partial charge < -0.3 is 15.2 Å². The monoisotopic (exact) mass is 209 g/mol. The average Bonchev–Trinajstić information content (AvgIpc) is 2.26. The van der Waals surface area contributed by atoms with Crippen molar-refractivity contribution < 1.29 is 19.1 Å². The maximum Gasteiger partial charge on any atom is 0.324 e. The number of halogens is 1. The van der Waals surface area contributed by atoms with Crippen LogP contribution in [0.1, 0.15) is 6.92 Å². The summed E-state index contributed by atoms with van der Waals surface area (Å²) in [6, 6.07) is -0.882. The fourth-order valence-corrected chi connectivity index (χ4v) is 1.25. The van der Waals surface area contributed by atoms with Crippen LogP contribution in [0.5, 0.6) is 0 Å². The van der Waals surface area contributed by atoms with E-state index < -0.39 is 30.0 Å². The van der Waals surface area contributed by atoms with Crippen LogP contribution >= 0.6 is 12.4 Å². The molecule has 76 valence electrons. The van der Waals surface area contributed by atoms with Crippen molar-refractivity contribution in [3.63, 3.8) is 0 Å². The lowest BCUT2D eigenvalue weighted by atomic mass is 9.99. The second kappa shape index (κ2) is 4.43. The van der Waals surface area contributed by atoms with E-state index in [2.05, 4.69) is 4.74 Å². The Balaban J connectivity index is 0.00000144. The summed E-state index contributed by atoms with van der Waals surface area (Å²) < 4.78 is 9.22. The van der Waals surface area contributed by atoms with Gasteiger partial charge in [0.25, 0.3) is 0 Å². The molecular weight excluding hydrogens is 198 g/mol. The zero-order valence-corrected chi connectivity index (χ0v) is 8.17. The van der Waals surface area contributed by atoms with Gasteiger partial charge in [0.05, 0.1) is 7.11 Å². The predicted molar refractivity (Wildman–Crippen MR) is 46.3 cm³/mol. The Morgan fingerprint density at radius 2 is 2.15 bits per heavy atom. The van der Waals surface area contributed by atoms with Gasteiger partial charge in [-0.3, -0.25) is 9.59 Å². The average molecular weight is 210 g/mol. The van der Waals surface area contributed by atoms with Crippen LogP contribution in [0.4, 0.5) is 0 Å². The number of carbonyl (C=O) groups is 2. The van der Waals surface area contributed by atoms with E-state index in [1.807, 2.05) is 0 Å². The van der Waals surface area contributed by atoms with Crippen molar-refractivity contribution in [2.75, 3.05) is 7.11 Å². The molecular formula is C7H12ClNO4. The van der Waals surface area contributed by atoms with Crippen molar-refractivity contribution in [3.8, 4) is 0 Å². The smallest absolute Gasteiger partial charge is 0.324 e. The molecule has 0 spiro atoms. The van der Waals surface area contributed by atoms with Gasteiger partial charge in [0.15, 0.2) is 0 Å². The third kappa shape index (κ3) is 2.10. The highest BCUT2D eigenvalue weighted by Gasteiger charge is 2.45. The molecule has 0 bridgehead atoms. The van der Waals surface area contributed by atoms with Gasteiger partial charge in [-0.05, 0) is 6.92 Å². The van der Waals surface area contributed by atoms with Gasteiger partial charge in [-0.25, -0.2) is 0 Å². The maximum absolute atomic E-state index is 11.0. The molecule has 3 atom stereocenters. The van der Waals surface area contributed by atoms with Crippen molar-refractivity contribution in [1.82, 2.24) is 0 Å². The molecule has 0 aromatic heterocycles. The van der Waals surface area contributed by atoms with Crippen LogP contribution in [0.3, 0.4) is 0 Å². The maximum atomic E-state index is 11.0. The predicted octanol–water partition coefficient (Wildman–Crippen LogP) is -0.530. The summed E-state index contributed by atoms with van der Waals surface area (Å²) in [7, 11) is 1.25. The number of cyclic esters (lactones) is 1. The summed E-state index contributed by atoms with van der Waals surface area (Å²) in [5.74, 6) is -1.71. The second-order valence-electron chi connectivity index (χ2n) is 2.72. The number of carbonyl (C=O) groups excluding carboxylic acids is 2. The first-order valence-electron chi connectivity index (χ1n) is 3.62. The van der Waals surface area contributed by atoms with E-state index in [9.17, 15) is 9.59 Å². The van der Waals surface area contributed by atoms with Gasteiger partial charge in [-0.2, -0.15) is 0 Å². The van der Waals surface area contributed by atoms with E-state index in [-0.39, 0.29) is 12.4 Å². The lowest BCUT2D eigenvalue weighted by Gasteiger charge is -2.11. The molecule has 1 saturated heterocycles. The molecule has 0 amide bonds. The Morgan fingerprint density at radius 1 is 1.62 bits per heavy atom. The SMILES string of the molecule is COC(=O)[C@@H]1[C@H](N)C(=O)O[C@@H]1C.Cl. The Kier molecular flexibility index (Phi) is 4.16. The molecule has 0 aromatic rings. The number of hydrogen-bond donors (Lipinski definition) is 1. The zero-order valence-electron chi connectivity index (χ0n) is 7.35. The largest absolute Gasteiger partial charge is 0.469 e. The van der Waals surface area contributed by atoms with Crippen molar-refractivity contribution in [2.24, 2.45) is 11.7 Å². The molecule has 0 aliphatic carbocycles. The molecule has 0 radical (unpaired) electrons. The molecule has 1 heterocycles. The Hall–Kier alpha value is -0.810. The number of hydrogen-bond acceptors (Lipinski definition) is 5. The Morgan fingerprint density at radius 3 is 2.46 bits per heavy atom.